The van der Waals surface area contributed by atoms with Crippen molar-refractivity contribution in [2.45, 2.75) is 19.2 Å². The van der Waals surface area contributed by atoms with Gasteiger partial charge in [0.25, 0.3) is 0 Å². The minimum atomic E-state index is -4.68. The summed E-state index contributed by atoms with van der Waals surface area (Å²) < 4.78 is 45.5. The molecule has 0 aliphatic carbocycles. The van der Waals surface area contributed by atoms with Crippen LogP contribution in [0.2, 0.25) is 0 Å². The van der Waals surface area contributed by atoms with Crippen molar-refractivity contribution in [3.05, 3.63) is 77.5 Å². The summed E-state index contributed by atoms with van der Waals surface area (Å²) in [5.74, 6) is -0.713. The van der Waals surface area contributed by atoms with Crippen LogP contribution >= 0.6 is 0 Å². The molecule has 2 N–H and O–H groups in total. The zero-order chi connectivity index (χ0) is 21.9. The molecule has 0 bridgehead atoms. The van der Waals surface area contributed by atoms with Crippen LogP contribution < -0.4 is 4.74 Å². The van der Waals surface area contributed by atoms with Crippen molar-refractivity contribution >= 4 is 5.78 Å². The molecule has 0 amide bonds. The Morgan fingerprint density at radius 1 is 1.10 bits per heavy atom. The van der Waals surface area contributed by atoms with E-state index in [-0.39, 0.29) is 11.3 Å². The summed E-state index contributed by atoms with van der Waals surface area (Å²) in [5.41, 5.74) is 0.383. The molecule has 30 heavy (non-hydrogen) atoms. The highest BCUT2D eigenvalue weighted by Crippen LogP contribution is 2.39. The van der Waals surface area contributed by atoms with E-state index in [1.165, 1.54) is 25.1 Å². The lowest BCUT2D eigenvalue weighted by atomic mass is 10.1. The second-order valence-electron chi connectivity index (χ2n) is 6.54. The van der Waals surface area contributed by atoms with Crippen molar-refractivity contribution in [2.24, 2.45) is 0 Å². The van der Waals surface area contributed by atoms with E-state index < -0.39 is 36.0 Å². The minimum absolute atomic E-state index is 0.0546. The molecule has 1 atom stereocenters. The second kappa shape index (κ2) is 8.64. The zero-order valence-electron chi connectivity index (χ0n) is 15.8. The predicted molar refractivity (Wildman–Crippen MR) is 103 cm³/mol. The van der Waals surface area contributed by atoms with Crippen LogP contribution in [0, 0.1) is 0 Å². The van der Waals surface area contributed by atoms with E-state index in [9.17, 15) is 23.1 Å². The van der Waals surface area contributed by atoms with E-state index in [2.05, 4.69) is 4.98 Å². The Morgan fingerprint density at radius 3 is 2.40 bits per heavy atom. The summed E-state index contributed by atoms with van der Waals surface area (Å²) in [6.07, 6.45) is -5.79. The number of carbonyl (C=O) groups is 1. The maximum Gasteiger partial charge on any atom is 0.420 e. The number of ketones is 1. The van der Waals surface area contributed by atoms with Gasteiger partial charge in [0.1, 0.15) is 17.6 Å². The Hall–Kier alpha value is -3.23. The van der Waals surface area contributed by atoms with Crippen molar-refractivity contribution in [1.29, 1.82) is 0 Å². The maximum absolute atomic E-state index is 13.4. The van der Waals surface area contributed by atoms with Gasteiger partial charge in [-0.15, -0.1) is 0 Å². The monoisotopic (exact) mass is 417 g/mol. The SMILES string of the molecule is CC(=O)c1ccc(Oc2ccc(-c3cccc(C(O)CO)n3)cc2)c(C(F)(F)F)c1. The Kier molecular flexibility index (Phi) is 6.19. The number of Topliss-reactive ketones (excluding diaryl/α,β-unsaturated/α-hetero) is 1. The van der Waals surface area contributed by atoms with Crippen molar-refractivity contribution in [3.8, 4) is 22.8 Å². The number of ether oxygens (including phenoxy) is 1. The molecular formula is C22H18F3NO4. The molecule has 0 spiro atoms. The smallest absolute Gasteiger partial charge is 0.420 e. The first-order valence-electron chi connectivity index (χ1n) is 8.95. The number of benzene rings is 2. The van der Waals surface area contributed by atoms with Gasteiger partial charge in [0.05, 0.1) is 23.6 Å². The Labute approximate surface area is 170 Å². The number of rotatable bonds is 6. The van der Waals surface area contributed by atoms with Crippen LogP contribution in [0.5, 0.6) is 11.5 Å². The van der Waals surface area contributed by atoms with Gasteiger partial charge in [0.15, 0.2) is 5.78 Å². The topological polar surface area (TPSA) is 79.7 Å². The molecule has 5 nitrogen and oxygen atoms in total. The first kappa shape index (κ1) is 21.5. The van der Waals surface area contributed by atoms with Crippen molar-refractivity contribution in [1.82, 2.24) is 4.98 Å². The molecule has 1 aromatic heterocycles. The Balaban J connectivity index is 1.87. The van der Waals surface area contributed by atoms with Gasteiger partial charge >= 0.3 is 6.18 Å². The number of hydrogen-bond acceptors (Lipinski definition) is 5. The van der Waals surface area contributed by atoms with Gasteiger partial charge in [-0.3, -0.25) is 4.79 Å². The third kappa shape index (κ3) is 4.84. The molecule has 0 fully saturated rings. The van der Waals surface area contributed by atoms with Gasteiger partial charge in [-0.05, 0) is 61.5 Å². The van der Waals surface area contributed by atoms with Crippen LogP contribution in [0.4, 0.5) is 13.2 Å². The van der Waals surface area contributed by atoms with Crippen LogP contribution in [0.25, 0.3) is 11.3 Å². The van der Waals surface area contributed by atoms with Crippen LogP contribution in [0.3, 0.4) is 0 Å². The number of alkyl halides is 3. The second-order valence-corrected chi connectivity index (χ2v) is 6.54. The van der Waals surface area contributed by atoms with Crippen molar-refractivity contribution in [2.75, 3.05) is 6.61 Å². The van der Waals surface area contributed by atoms with E-state index >= 15 is 0 Å². The molecule has 2 aromatic carbocycles. The van der Waals surface area contributed by atoms with Crippen LogP contribution in [0.15, 0.2) is 60.7 Å². The molecule has 3 aromatic rings. The van der Waals surface area contributed by atoms with Crippen molar-refractivity contribution < 1.29 is 32.9 Å². The average Bonchev–Trinajstić information content (AvgIpc) is 2.73. The summed E-state index contributed by atoms with van der Waals surface area (Å²) in [5, 5.41) is 18.8. The first-order chi connectivity index (χ1) is 14.2. The highest BCUT2D eigenvalue weighted by molar-refractivity contribution is 5.94. The molecule has 0 aliphatic heterocycles. The number of aliphatic hydroxyl groups excluding tert-OH is 2. The number of halogens is 3. The van der Waals surface area contributed by atoms with E-state index in [0.717, 1.165) is 12.1 Å². The van der Waals surface area contributed by atoms with E-state index in [0.29, 0.717) is 17.0 Å². The third-order valence-corrected chi connectivity index (χ3v) is 4.35. The first-order valence-corrected chi connectivity index (χ1v) is 8.95. The van der Waals surface area contributed by atoms with Gasteiger partial charge in [0.2, 0.25) is 0 Å². The third-order valence-electron chi connectivity index (χ3n) is 4.35. The van der Waals surface area contributed by atoms with Crippen molar-refractivity contribution in [3.63, 3.8) is 0 Å². The number of hydrogen-bond donors (Lipinski definition) is 2. The molecule has 156 valence electrons. The highest BCUT2D eigenvalue weighted by Gasteiger charge is 2.35. The fourth-order valence-electron chi connectivity index (χ4n) is 2.77. The lowest BCUT2D eigenvalue weighted by Gasteiger charge is -2.15. The summed E-state index contributed by atoms with van der Waals surface area (Å²) in [6, 6.07) is 14.3. The van der Waals surface area contributed by atoms with Gasteiger partial charge in [-0.2, -0.15) is 13.2 Å². The number of nitrogens with zero attached hydrogens (tertiary/aromatic N) is 1. The summed E-state index contributed by atoms with van der Waals surface area (Å²) in [7, 11) is 0. The molecule has 0 aliphatic rings. The van der Waals surface area contributed by atoms with Crippen LogP contribution in [-0.4, -0.2) is 27.6 Å². The quantitative estimate of drug-likeness (QED) is 0.564. The molecule has 0 saturated carbocycles. The fourth-order valence-corrected chi connectivity index (χ4v) is 2.77. The fraction of sp³-hybridized carbons (Fsp3) is 0.182. The molecule has 1 unspecified atom stereocenters. The lowest BCUT2D eigenvalue weighted by molar-refractivity contribution is -0.138. The van der Waals surface area contributed by atoms with Gasteiger partial charge in [-0.25, -0.2) is 4.98 Å². The number of aromatic nitrogens is 1. The van der Waals surface area contributed by atoms with E-state index in [4.69, 9.17) is 9.84 Å². The molecule has 0 saturated heterocycles. The van der Waals surface area contributed by atoms with E-state index in [1.807, 2.05) is 0 Å². The average molecular weight is 417 g/mol. The Bertz CT molecular complexity index is 1050. The molecule has 8 heteroatoms. The number of aliphatic hydroxyl groups is 2. The minimum Gasteiger partial charge on any atom is -0.457 e. The zero-order valence-corrected chi connectivity index (χ0v) is 15.8. The summed E-state index contributed by atoms with van der Waals surface area (Å²) in [6.45, 7) is 0.727. The van der Waals surface area contributed by atoms with Crippen LogP contribution in [-0.2, 0) is 6.18 Å². The summed E-state index contributed by atoms with van der Waals surface area (Å²) >= 11 is 0. The van der Waals surface area contributed by atoms with Gasteiger partial charge in [0, 0.05) is 11.1 Å². The standard InChI is InChI=1S/C22H18F3NO4/c1-13(28)15-7-10-21(17(11-15)22(23,24)25)30-16-8-5-14(6-9-16)18-3-2-4-19(26-18)20(29)12-27/h2-11,20,27,29H,12H2,1H3. The maximum atomic E-state index is 13.4. The van der Waals surface area contributed by atoms with Crippen LogP contribution in [0.1, 0.15) is 34.6 Å². The Morgan fingerprint density at radius 2 is 1.80 bits per heavy atom. The molecule has 3 rings (SSSR count). The van der Waals surface area contributed by atoms with E-state index in [1.54, 1.807) is 30.3 Å². The lowest BCUT2D eigenvalue weighted by Crippen LogP contribution is -2.09. The largest absolute Gasteiger partial charge is 0.457 e. The van der Waals surface area contributed by atoms with Gasteiger partial charge in [-0.1, -0.05) is 6.07 Å². The highest BCUT2D eigenvalue weighted by atomic mass is 19.4. The number of carbonyl (C=O) groups excluding carboxylic acids is 1. The predicted octanol–water partition coefficient (Wildman–Crippen LogP) is 4.79. The normalized spacial score (nSPS) is 12.5. The molecule has 1 heterocycles. The summed E-state index contributed by atoms with van der Waals surface area (Å²) in [4.78, 5) is 15.7. The van der Waals surface area contributed by atoms with Gasteiger partial charge < -0.3 is 14.9 Å². The molecular weight excluding hydrogens is 399 g/mol. The number of pyridine rings is 1. The molecule has 0 radical (unpaired) electrons.